The van der Waals surface area contributed by atoms with Gasteiger partial charge in [0, 0.05) is 11.8 Å². The maximum absolute atomic E-state index is 9.67. The van der Waals surface area contributed by atoms with E-state index in [0.717, 1.165) is 0 Å². The molecule has 96 valence electrons. The van der Waals surface area contributed by atoms with Crippen LogP contribution in [0.5, 0.6) is 0 Å². The molecule has 7 nitrogen and oxygen atoms in total. The fourth-order valence-corrected chi connectivity index (χ4v) is 1.47. The maximum Gasteiger partial charge on any atom is 0.175 e. The topological polar surface area (TPSA) is 104 Å². The fraction of sp³-hybridized carbons (Fsp3) is 0.300. The van der Waals surface area contributed by atoms with Crippen LogP contribution in [-0.4, -0.2) is 48.0 Å². The van der Waals surface area contributed by atoms with Crippen LogP contribution >= 0.6 is 11.6 Å². The Morgan fingerprint density at radius 2 is 2.06 bits per heavy atom. The van der Waals surface area contributed by atoms with Gasteiger partial charge in [-0.15, -0.1) is 10.2 Å². The average Bonchev–Trinajstić information content (AvgIpc) is 2.87. The highest BCUT2D eigenvalue weighted by molar-refractivity contribution is 6.29. The van der Waals surface area contributed by atoms with Gasteiger partial charge in [-0.05, 0) is 12.1 Å². The highest BCUT2D eigenvalue weighted by Gasteiger charge is 2.19. The van der Waals surface area contributed by atoms with Crippen molar-refractivity contribution in [2.45, 2.75) is 12.2 Å². The van der Waals surface area contributed by atoms with E-state index < -0.39 is 18.8 Å². The third-order valence-corrected chi connectivity index (χ3v) is 2.55. The fourth-order valence-electron chi connectivity index (χ4n) is 1.37. The second-order valence-electron chi connectivity index (χ2n) is 3.63. The number of aromatic nitrogens is 4. The summed E-state index contributed by atoms with van der Waals surface area (Å²) in [5.74, 6) is 0.427. The van der Waals surface area contributed by atoms with Gasteiger partial charge in [0.25, 0.3) is 0 Å². The predicted molar refractivity (Wildman–Crippen MR) is 62.2 cm³/mol. The summed E-state index contributed by atoms with van der Waals surface area (Å²) in [4.78, 5) is 0. The number of rotatable bonds is 4. The van der Waals surface area contributed by atoms with Crippen molar-refractivity contribution < 1.29 is 15.3 Å². The second kappa shape index (κ2) is 5.40. The van der Waals surface area contributed by atoms with Gasteiger partial charge in [-0.2, -0.15) is 5.10 Å². The number of aliphatic hydroxyl groups excluding tert-OH is 3. The highest BCUT2D eigenvalue weighted by Crippen LogP contribution is 2.17. The molecule has 3 N–H and O–H groups in total. The number of halogens is 1. The summed E-state index contributed by atoms with van der Waals surface area (Å²) in [5, 5.41) is 39.4. The van der Waals surface area contributed by atoms with Crippen LogP contribution in [0, 0.1) is 0 Å². The van der Waals surface area contributed by atoms with Gasteiger partial charge < -0.3 is 15.3 Å². The first-order chi connectivity index (χ1) is 8.61. The average molecular weight is 271 g/mol. The molecule has 2 aromatic rings. The lowest BCUT2D eigenvalue weighted by Crippen LogP contribution is -2.21. The summed E-state index contributed by atoms with van der Waals surface area (Å²) in [6.07, 6.45) is 0.407. The summed E-state index contributed by atoms with van der Waals surface area (Å²) in [6, 6.07) is 3.17. The van der Waals surface area contributed by atoms with Crippen LogP contribution in [-0.2, 0) is 0 Å². The van der Waals surface area contributed by atoms with E-state index in [1.807, 2.05) is 0 Å². The van der Waals surface area contributed by atoms with E-state index >= 15 is 0 Å². The molecule has 8 heteroatoms. The molecule has 0 saturated heterocycles. The molecule has 0 radical (unpaired) electrons. The van der Waals surface area contributed by atoms with Gasteiger partial charge in [0.15, 0.2) is 11.0 Å². The molecular weight excluding hydrogens is 260 g/mol. The van der Waals surface area contributed by atoms with E-state index in [2.05, 4.69) is 15.3 Å². The van der Waals surface area contributed by atoms with E-state index in [1.54, 1.807) is 12.1 Å². The number of nitrogens with zero attached hydrogens (tertiary/aromatic N) is 4. The van der Waals surface area contributed by atoms with Crippen molar-refractivity contribution in [3.63, 3.8) is 0 Å². The molecule has 0 spiro atoms. The van der Waals surface area contributed by atoms with Crippen molar-refractivity contribution in [3.05, 3.63) is 35.2 Å². The van der Waals surface area contributed by atoms with Gasteiger partial charge in [0.05, 0.1) is 12.8 Å². The first-order valence-electron chi connectivity index (χ1n) is 5.13. The molecule has 2 atom stereocenters. The molecule has 0 fully saturated rings. The maximum atomic E-state index is 9.67. The monoisotopic (exact) mass is 270 g/mol. The highest BCUT2D eigenvalue weighted by atomic mass is 35.5. The number of aliphatic hydroxyl groups is 3. The minimum Gasteiger partial charge on any atom is -0.394 e. The molecule has 2 rings (SSSR count). The van der Waals surface area contributed by atoms with Crippen molar-refractivity contribution in [1.29, 1.82) is 0 Å². The SMILES string of the molecule is OCC(O)C(O)c1cnn(-c2ccc(Cl)nn2)c1. The van der Waals surface area contributed by atoms with Gasteiger partial charge in [0.2, 0.25) is 0 Å². The third kappa shape index (κ3) is 2.65. The normalized spacial score (nSPS) is 14.4. The minimum atomic E-state index is -1.25. The van der Waals surface area contributed by atoms with Crippen molar-refractivity contribution in [2.24, 2.45) is 0 Å². The molecule has 0 aliphatic carbocycles. The van der Waals surface area contributed by atoms with E-state index in [9.17, 15) is 10.2 Å². The van der Waals surface area contributed by atoms with Crippen LogP contribution in [0.1, 0.15) is 11.7 Å². The van der Waals surface area contributed by atoms with E-state index in [0.29, 0.717) is 11.4 Å². The molecule has 2 unspecified atom stereocenters. The van der Waals surface area contributed by atoms with Gasteiger partial charge >= 0.3 is 0 Å². The zero-order valence-corrected chi connectivity index (χ0v) is 9.94. The van der Waals surface area contributed by atoms with Crippen LogP contribution in [0.4, 0.5) is 0 Å². The van der Waals surface area contributed by atoms with Crippen molar-refractivity contribution in [3.8, 4) is 5.82 Å². The lowest BCUT2D eigenvalue weighted by Gasteiger charge is -2.12. The van der Waals surface area contributed by atoms with Gasteiger partial charge in [0.1, 0.15) is 12.2 Å². The Hall–Kier alpha value is -1.54. The van der Waals surface area contributed by atoms with Crippen LogP contribution in [0.2, 0.25) is 5.15 Å². The predicted octanol–water partition coefficient (Wildman–Crippen LogP) is -0.298. The summed E-state index contributed by atoms with van der Waals surface area (Å²) in [5.41, 5.74) is 0.369. The van der Waals surface area contributed by atoms with Crippen LogP contribution in [0.25, 0.3) is 5.82 Å². The van der Waals surface area contributed by atoms with Crippen molar-refractivity contribution in [2.75, 3.05) is 6.61 Å². The summed E-state index contributed by atoms with van der Waals surface area (Å²) >= 11 is 5.61. The van der Waals surface area contributed by atoms with Crippen molar-refractivity contribution in [1.82, 2.24) is 20.0 Å². The molecule has 0 bridgehead atoms. The van der Waals surface area contributed by atoms with Gasteiger partial charge in [-0.25, -0.2) is 4.68 Å². The zero-order chi connectivity index (χ0) is 13.1. The van der Waals surface area contributed by atoms with Gasteiger partial charge in [-0.3, -0.25) is 0 Å². The first-order valence-corrected chi connectivity index (χ1v) is 5.51. The number of hydrogen-bond acceptors (Lipinski definition) is 6. The Labute approximate surface area is 107 Å². The Kier molecular flexibility index (Phi) is 3.87. The smallest absolute Gasteiger partial charge is 0.175 e. The Morgan fingerprint density at radius 1 is 1.28 bits per heavy atom. The summed E-state index contributed by atoms with van der Waals surface area (Å²) in [6.45, 7) is -0.535. The minimum absolute atomic E-state index is 0.266. The van der Waals surface area contributed by atoms with Gasteiger partial charge in [-0.1, -0.05) is 11.6 Å². The van der Waals surface area contributed by atoms with Crippen LogP contribution in [0.15, 0.2) is 24.5 Å². The molecule has 0 saturated carbocycles. The van der Waals surface area contributed by atoms with Crippen LogP contribution in [0.3, 0.4) is 0 Å². The standard InChI is InChI=1S/C10H11ClN4O3/c11-8-1-2-9(14-13-8)15-4-6(3-12-15)10(18)7(17)5-16/h1-4,7,10,16-18H,5H2. The van der Waals surface area contributed by atoms with E-state index in [1.165, 1.54) is 17.1 Å². The summed E-state index contributed by atoms with van der Waals surface area (Å²) < 4.78 is 1.38. The Morgan fingerprint density at radius 3 is 2.67 bits per heavy atom. The molecular formula is C10H11ClN4O3. The number of hydrogen-bond donors (Lipinski definition) is 3. The first kappa shape index (κ1) is 12.9. The third-order valence-electron chi connectivity index (χ3n) is 2.35. The molecule has 2 heterocycles. The van der Waals surface area contributed by atoms with E-state index in [-0.39, 0.29) is 5.15 Å². The largest absolute Gasteiger partial charge is 0.394 e. The molecule has 0 aliphatic heterocycles. The van der Waals surface area contributed by atoms with E-state index in [4.69, 9.17) is 16.7 Å². The Bertz CT molecular complexity index is 516. The molecule has 2 aromatic heterocycles. The quantitative estimate of drug-likeness (QED) is 0.705. The Balaban J connectivity index is 2.22. The molecule has 0 aliphatic rings. The lowest BCUT2D eigenvalue weighted by atomic mass is 10.1. The molecule has 0 amide bonds. The second-order valence-corrected chi connectivity index (χ2v) is 4.01. The zero-order valence-electron chi connectivity index (χ0n) is 9.18. The summed E-state index contributed by atoms with van der Waals surface area (Å²) in [7, 11) is 0. The van der Waals surface area contributed by atoms with Crippen LogP contribution < -0.4 is 0 Å². The molecule has 18 heavy (non-hydrogen) atoms. The van der Waals surface area contributed by atoms with Crippen molar-refractivity contribution >= 4 is 11.6 Å². The molecule has 0 aromatic carbocycles. The lowest BCUT2D eigenvalue weighted by molar-refractivity contribution is -0.0152.